The Morgan fingerprint density at radius 2 is 1.85 bits per heavy atom. The predicted molar refractivity (Wildman–Crippen MR) is 76.1 cm³/mol. The van der Waals surface area contributed by atoms with Crippen LogP contribution in [-0.2, 0) is 14.8 Å². The number of sulfonamides is 1. The first-order chi connectivity index (χ1) is 9.45. The summed E-state index contributed by atoms with van der Waals surface area (Å²) in [7, 11) is -2.16. The lowest BCUT2D eigenvalue weighted by molar-refractivity contribution is -0.121. The third-order valence-electron chi connectivity index (χ3n) is 2.74. The van der Waals surface area contributed by atoms with Crippen LogP contribution >= 0.6 is 0 Å². The number of hydrogen-bond donors (Lipinski definition) is 1. The van der Waals surface area contributed by atoms with E-state index in [0.717, 1.165) is 4.31 Å². The van der Waals surface area contributed by atoms with Crippen LogP contribution in [0.2, 0.25) is 0 Å². The van der Waals surface area contributed by atoms with Gasteiger partial charge in [0.1, 0.15) is 5.75 Å². The molecule has 0 saturated heterocycles. The molecule has 1 rings (SSSR count). The van der Waals surface area contributed by atoms with E-state index in [2.05, 4.69) is 5.32 Å². The number of carbonyl (C=O) groups excluding carboxylic acids is 1. The van der Waals surface area contributed by atoms with Crippen LogP contribution < -0.4 is 10.1 Å². The Balaban J connectivity index is 2.95. The molecular formula is C13H20N2O4S. The van der Waals surface area contributed by atoms with Crippen molar-refractivity contribution < 1.29 is 17.9 Å². The maximum atomic E-state index is 12.4. The Hall–Kier alpha value is -1.60. The van der Waals surface area contributed by atoms with Crippen molar-refractivity contribution in [3.05, 3.63) is 24.3 Å². The first-order valence-electron chi connectivity index (χ1n) is 6.36. The van der Waals surface area contributed by atoms with E-state index < -0.39 is 10.0 Å². The van der Waals surface area contributed by atoms with E-state index in [0.29, 0.717) is 12.3 Å². The molecule has 6 nitrogen and oxygen atoms in total. The summed E-state index contributed by atoms with van der Waals surface area (Å²) >= 11 is 0. The largest absolute Gasteiger partial charge is 0.497 e. The van der Waals surface area contributed by atoms with Gasteiger partial charge in [0.05, 0.1) is 18.6 Å². The van der Waals surface area contributed by atoms with Gasteiger partial charge in [-0.1, -0.05) is 6.92 Å². The van der Waals surface area contributed by atoms with Gasteiger partial charge in [-0.3, -0.25) is 4.79 Å². The molecule has 0 atom stereocenters. The Labute approximate surface area is 119 Å². The summed E-state index contributed by atoms with van der Waals surface area (Å²) in [6.07, 6.45) is 0. The molecule has 112 valence electrons. The number of benzene rings is 1. The van der Waals surface area contributed by atoms with E-state index in [4.69, 9.17) is 4.74 Å². The summed E-state index contributed by atoms with van der Waals surface area (Å²) in [5, 5.41) is 2.59. The standard InChI is InChI=1S/C13H20N2O4S/c1-4-14-13(16)10-15(5-2)20(17,18)12-8-6-11(19-3)7-9-12/h6-9H,4-5,10H2,1-3H3,(H,14,16). The van der Waals surface area contributed by atoms with Crippen LogP contribution in [0.1, 0.15) is 13.8 Å². The molecule has 1 amide bonds. The normalized spacial score (nSPS) is 11.4. The summed E-state index contributed by atoms with van der Waals surface area (Å²) in [6.45, 7) is 4.00. The minimum absolute atomic E-state index is 0.143. The van der Waals surface area contributed by atoms with Crippen LogP contribution in [0.5, 0.6) is 5.75 Å². The van der Waals surface area contributed by atoms with Crippen LogP contribution in [0.25, 0.3) is 0 Å². The molecule has 0 spiro atoms. The molecule has 20 heavy (non-hydrogen) atoms. The second kappa shape index (κ2) is 7.25. The number of nitrogens with one attached hydrogen (secondary N) is 1. The SMILES string of the molecule is CCNC(=O)CN(CC)S(=O)(=O)c1ccc(OC)cc1. The van der Waals surface area contributed by atoms with Crippen LogP contribution in [0.3, 0.4) is 0 Å². The predicted octanol–water partition coefficient (Wildman–Crippen LogP) is 0.842. The fourth-order valence-electron chi connectivity index (χ4n) is 1.68. The molecule has 0 bridgehead atoms. The third kappa shape index (κ3) is 3.94. The van der Waals surface area contributed by atoms with Gasteiger partial charge in [-0.25, -0.2) is 8.42 Å². The van der Waals surface area contributed by atoms with E-state index in [9.17, 15) is 13.2 Å². The van der Waals surface area contributed by atoms with Gasteiger partial charge in [0.15, 0.2) is 0 Å². The third-order valence-corrected chi connectivity index (χ3v) is 4.68. The maximum Gasteiger partial charge on any atom is 0.243 e. The number of rotatable bonds is 7. The Kier molecular flexibility index (Phi) is 5.97. The van der Waals surface area contributed by atoms with Gasteiger partial charge in [0, 0.05) is 13.1 Å². The number of nitrogens with zero attached hydrogens (tertiary/aromatic N) is 1. The van der Waals surface area contributed by atoms with Crippen LogP contribution in [0.15, 0.2) is 29.2 Å². The first kappa shape index (κ1) is 16.5. The van der Waals surface area contributed by atoms with Gasteiger partial charge in [0.2, 0.25) is 15.9 Å². The van der Waals surface area contributed by atoms with Crippen molar-refractivity contribution in [2.45, 2.75) is 18.7 Å². The molecular weight excluding hydrogens is 280 g/mol. The van der Waals surface area contributed by atoms with Crippen molar-refractivity contribution in [2.24, 2.45) is 0 Å². The summed E-state index contributed by atoms with van der Waals surface area (Å²) < 4.78 is 30.9. The van der Waals surface area contributed by atoms with Gasteiger partial charge in [0.25, 0.3) is 0 Å². The molecule has 0 aromatic heterocycles. The van der Waals surface area contributed by atoms with Crippen molar-refractivity contribution in [3.8, 4) is 5.75 Å². The second-order valence-electron chi connectivity index (χ2n) is 4.06. The molecule has 0 aliphatic heterocycles. The molecule has 1 aromatic carbocycles. The average Bonchev–Trinajstić information content (AvgIpc) is 2.45. The van der Waals surface area contributed by atoms with Crippen LogP contribution in [0, 0.1) is 0 Å². The van der Waals surface area contributed by atoms with Crippen molar-refractivity contribution in [2.75, 3.05) is 26.7 Å². The molecule has 0 aliphatic rings. The fraction of sp³-hybridized carbons (Fsp3) is 0.462. The van der Waals surface area contributed by atoms with Crippen molar-refractivity contribution >= 4 is 15.9 Å². The summed E-state index contributed by atoms with van der Waals surface area (Å²) in [5.74, 6) is 0.266. The van der Waals surface area contributed by atoms with Crippen molar-refractivity contribution in [1.82, 2.24) is 9.62 Å². The van der Waals surface area contributed by atoms with E-state index >= 15 is 0 Å². The van der Waals surface area contributed by atoms with E-state index in [1.807, 2.05) is 0 Å². The zero-order valence-electron chi connectivity index (χ0n) is 11.9. The van der Waals surface area contributed by atoms with E-state index in [1.54, 1.807) is 26.0 Å². The quantitative estimate of drug-likeness (QED) is 0.809. The molecule has 0 unspecified atom stereocenters. The number of ether oxygens (including phenoxy) is 1. The number of methoxy groups -OCH3 is 1. The summed E-state index contributed by atoms with van der Waals surface area (Å²) in [5.41, 5.74) is 0. The summed E-state index contributed by atoms with van der Waals surface area (Å²) in [6, 6.07) is 6.09. The average molecular weight is 300 g/mol. The van der Waals surface area contributed by atoms with E-state index in [-0.39, 0.29) is 23.9 Å². The summed E-state index contributed by atoms with van der Waals surface area (Å²) in [4.78, 5) is 11.7. The van der Waals surface area contributed by atoms with E-state index in [1.165, 1.54) is 19.2 Å². The van der Waals surface area contributed by atoms with Crippen LogP contribution in [0.4, 0.5) is 0 Å². The minimum Gasteiger partial charge on any atom is -0.497 e. The highest BCUT2D eigenvalue weighted by Gasteiger charge is 2.24. The molecule has 0 saturated carbocycles. The molecule has 0 heterocycles. The van der Waals surface area contributed by atoms with Gasteiger partial charge in [-0.05, 0) is 31.2 Å². The lowest BCUT2D eigenvalue weighted by Gasteiger charge is -2.20. The molecule has 1 N–H and O–H groups in total. The molecule has 0 aliphatic carbocycles. The monoisotopic (exact) mass is 300 g/mol. The van der Waals surface area contributed by atoms with Gasteiger partial charge in [-0.2, -0.15) is 4.31 Å². The first-order valence-corrected chi connectivity index (χ1v) is 7.80. The number of likely N-dealkylation sites (N-methyl/N-ethyl adjacent to an activating group) is 2. The highest BCUT2D eigenvalue weighted by atomic mass is 32.2. The molecule has 0 fully saturated rings. The fourth-order valence-corrected chi connectivity index (χ4v) is 3.08. The Morgan fingerprint density at radius 3 is 2.30 bits per heavy atom. The maximum absolute atomic E-state index is 12.4. The lowest BCUT2D eigenvalue weighted by Crippen LogP contribution is -2.40. The highest BCUT2D eigenvalue weighted by Crippen LogP contribution is 2.19. The second-order valence-corrected chi connectivity index (χ2v) is 6.00. The Bertz CT molecular complexity index is 540. The number of amides is 1. The zero-order valence-corrected chi connectivity index (χ0v) is 12.7. The molecule has 1 aromatic rings. The van der Waals surface area contributed by atoms with Crippen molar-refractivity contribution in [3.63, 3.8) is 0 Å². The zero-order chi connectivity index (χ0) is 15.2. The van der Waals surface area contributed by atoms with Crippen LogP contribution in [-0.4, -0.2) is 45.4 Å². The van der Waals surface area contributed by atoms with Gasteiger partial charge >= 0.3 is 0 Å². The molecule has 0 radical (unpaired) electrons. The molecule has 7 heteroatoms. The topological polar surface area (TPSA) is 75.7 Å². The smallest absolute Gasteiger partial charge is 0.243 e. The number of carbonyl (C=O) groups is 1. The number of hydrogen-bond acceptors (Lipinski definition) is 4. The van der Waals surface area contributed by atoms with Crippen molar-refractivity contribution in [1.29, 1.82) is 0 Å². The Morgan fingerprint density at radius 1 is 1.25 bits per heavy atom. The van der Waals surface area contributed by atoms with Gasteiger partial charge < -0.3 is 10.1 Å². The lowest BCUT2D eigenvalue weighted by atomic mass is 10.3. The minimum atomic E-state index is -3.67. The highest BCUT2D eigenvalue weighted by molar-refractivity contribution is 7.89. The van der Waals surface area contributed by atoms with Gasteiger partial charge in [-0.15, -0.1) is 0 Å².